The molecule has 130 valence electrons. The van der Waals surface area contributed by atoms with Crippen LogP contribution in [0, 0.1) is 5.41 Å². The fourth-order valence-corrected chi connectivity index (χ4v) is 4.32. The zero-order valence-corrected chi connectivity index (χ0v) is 15.3. The van der Waals surface area contributed by atoms with Crippen LogP contribution in [0.4, 0.5) is 0 Å². The van der Waals surface area contributed by atoms with Gasteiger partial charge in [-0.3, -0.25) is 0 Å². The van der Waals surface area contributed by atoms with Gasteiger partial charge in [0.25, 0.3) is 0 Å². The summed E-state index contributed by atoms with van der Waals surface area (Å²) in [6.07, 6.45) is 0. The van der Waals surface area contributed by atoms with Crippen molar-refractivity contribution in [1.29, 1.82) is 0 Å². The van der Waals surface area contributed by atoms with Crippen LogP contribution in [0.15, 0.2) is 51.8 Å². The molecule has 7 heteroatoms. The summed E-state index contributed by atoms with van der Waals surface area (Å²) in [5, 5.41) is 5.78. The van der Waals surface area contributed by atoms with Gasteiger partial charge >= 0.3 is 0 Å². The standard InChI is InChI=1S/C18H17ClN2O3S/c1-18(2)15(10-3-6-12(7-4-10)25(20,22)23)16(18)17-21-13-9-11(19)5-8-14(13)24-17/h3-9,15-16H,1-2H3,(H2,20,22,23)/t15-,16+/m1/s1. The fraction of sp³-hybridized carbons (Fsp3) is 0.278. The molecular formula is C18H17ClN2O3S. The quantitative estimate of drug-likeness (QED) is 0.747. The van der Waals surface area contributed by atoms with E-state index in [1.807, 2.05) is 18.2 Å². The Kier molecular flexibility index (Phi) is 3.51. The summed E-state index contributed by atoms with van der Waals surface area (Å²) in [7, 11) is -3.68. The molecule has 1 saturated carbocycles. The molecule has 1 heterocycles. The molecule has 4 rings (SSSR count). The molecule has 1 aliphatic rings. The smallest absolute Gasteiger partial charge is 0.238 e. The topological polar surface area (TPSA) is 86.2 Å². The van der Waals surface area contributed by atoms with Gasteiger partial charge in [0.05, 0.1) is 4.90 Å². The molecule has 2 atom stereocenters. The van der Waals surface area contributed by atoms with Gasteiger partial charge in [-0.25, -0.2) is 18.5 Å². The Bertz CT molecular complexity index is 1070. The highest BCUT2D eigenvalue weighted by molar-refractivity contribution is 7.89. The van der Waals surface area contributed by atoms with Crippen LogP contribution in [0.1, 0.15) is 37.1 Å². The van der Waals surface area contributed by atoms with Gasteiger partial charge < -0.3 is 4.42 Å². The number of nitrogens with zero attached hydrogens (tertiary/aromatic N) is 1. The Labute approximate surface area is 150 Å². The third-order valence-electron chi connectivity index (χ3n) is 5.03. The molecule has 0 saturated heterocycles. The van der Waals surface area contributed by atoms with Crippen LogP contribution in [-0.4, -0.2) is 13.4 Å². The predicted molar refractivity (Wildman–Crippen MR) is 96.1 cm³/mol. The summed E-state index contributed by atoms with van der Waals surface area (Å²) in [6.45, 7) is 4.30. The molecule has 0 spiro atoms. The number of sulfonamides is 1. The van der Waals surface area contributed by atoms with E-state index in [4.69, 9.17) is 21.2 Å². The Balaban J connectivity index is 1.69. The van der Waals surface area contributed by atoms with Crippen LogP contribution in [0.5, 0.6) is 0 Å². The number of benzene rings is 2. The first-order valence-electron chi connectivity index (χ1n) is 7.87. The summed E-state index contributed by atoms with van der Waals surface area (Å²) < 4.78 is 28.8. The molecule has 0 aliphatic heterocycles. The first kappa shape index (κ1) is 16.6. The lowest BCUT2D eigenvalue weighted by molar-refractivity contribution is 0.493. The number of fused-ring (bicyclic) bond motifs is 1. The van der Waals surface area contributed by atoms with Gasteiger partial charge in [-0.1, -0.05) is 37.6 Å². The van der Waals surface area contributed by atoms with Crippen LogP contribution in [0.3, 0.4) is 0 Å². The molecule has 25 heavy (non-hydrogen) atoms. The lowest BCUT2D eigenvalue weighted by Crippen LogP contribution is -2.11. The molecule has 0 radical (unpaired) electrons. The van der Waals surface area contributed by atoms with Gasteiger partial charge in [0, 0.05) is 16.9 Å². The Morgan fingerprint density at radius 3 is 2.44 bits per heavy atom. The minimum atomic E-state index is -3.68. The van der Waals surface area contributed by atoms with Crippen molar-refractivity contribution in [3.05, 3.63) is 58.9 Å². The number of halogens is 1. The average molecular weight is 377 g/mol. The van der Waals surface area contributed by atoms with Crippen molar-refractivity contribution >= 4 is 32.7 Å². The molecule has 2 aromatic carbocycles. The molecule has 0 unspecified atom stereocenters. The summed E-state index contributed by atoms with van der Waals surface area (Å²) in [4.78, 5) is 4.71. The number of primary sulfonamides is 1. The number of nitrogens with two attached hydrogens (primary N) is 1. The van der Waals surface area contributed by atoms with Gasteiger partial charge in [0.15, 0.2) is 11.5 Å². The molecule has 1 aliphatic carbocycles. The zero-order valence-electron chi connectivity index (χ0n) is 13.7. The van der Waals surface area contributed by atoms with E-state index in [9.17, 15) is 8.42 Å². The maximum atomic E-state index is 11.4. The first-order chi connectivity index (χ1) is 11.7. The van der Waals surface area contributed by atoms with E-state index in [2.05, 4.69) is 18.8 Å². The van der Waals surface area contributed by atoms with Crippen molar-refractivity contribution in [2.24, 2.45) is 10.6 Å². The van der Waals surface area contributed by atoms with E-state index in [-0.39, 0.29) is 22.1 Å². The highest BCUT2D eigenvalue weighted by Crippen LogP contribution is 2.69. The van der Waals surface area contributed by atoms with E-state index in [0.29, 0.717) is 16.5 Å². The van der Waals surface area contributed by atoms with E-state index < -0.39 is 10.0 Å². The number of rotatable bonds is 3. The minimum absolute atomic E-state index is 0.0340. The van der Waals surface area contributed by atoms with Crippen LogP contribution in [0.25, 0.3) is 11.1 Å². The molecule has 1 fully saturated rings. The number of hydrogen-bond acceptors (Lipinski definition) is 4. The normalized spacial score (nSPS) is 22.2. The third-order valence-corrected chi connectivity index (χ3v) is 6.19. The highest BCUT2D eigenvalue weighted by atomic mass is 35.5. The van der Waals surface area contributed by atoms with E-state index in [1.54, 1.807) is 24.3 Å². The van der Waals surface area contributed by atoms with Gasteiger partial charge in [0.2, 0.25) is 10.0 Å². The summed E-state index contributed by atoms with van der Waals surface area (Å²) >= 11 is 6.01. The number of aromatic nitrogens is 1. The summed E-state index contributed by atoms with van der Waals surface area (Å²) in [5.74, 6) is 1.01. The average Bonchev–Trinajstić information content (AvgIpc) is 2.89. The Morgan fingerprint density at radius 1 is 1.12 bits per heavy atom. The second-order valence-corrected chi connectivity index (χ2v) is 9.05. The van der Waals surface area contributed by atoms with E-state index >= 15 is 0 Å². The Morgan fingerprint density at radius 2 is 1.80 bits per heavy atom. The van der Waals surface area contributed by atoms with Gasteiger partial charge in [-0.05, 0) is 41.3 Å². The lowest BCUT2D eigenvalue weighted by Gasteiger charge is -2.04. The zero-order chi connectivity index (χ0) is 18.0. The number of hydrogen-bond donors (Lipinski definition) is 1. The van der Waals surface area contributed by atoms with Crippen molar-refractivity contribution in [3.8, 4) is 0 Å². The second kappa shape index (κ2) is 5.30. The first-order valence-corrected chi connectivity index (χ1v) is 9.79. The van der Waals surface area contributed by atoms with Crippen molar-refractivity contribution in [3.63, 3.8) is 0 Å². The predicted octanol–water partition coefficient (Wildman–Crippen LogP) is 4.04. The third kappa shape index (κ3) is 2.74. The molecule has 0 bridgehead atoms. The van der Waals surface area contributed by atoms with Gasteiger partial charge in [0.1, 0.15) is 5.52 Å². The Hall–Kier alpha value is -1.89. The molecule has 1 aromatic heterocycles. The SMILES string of the molecule is CC1(C)[C@H](c2ccc(S(N)(=O)=O)cc2)[C@H]1c1nc2cc(Cl)ccc2o1. The van der Waals surface area contributed by atoms with Gasteiger partial charge in [-0.2, -0.15) is 0 Å². The fourth-order valence-electron chi connectivity index (χ4n) is 3.64. The van der Waals surface area contributed by atoms with E-state index in [0.717, 1.165) is 11.1 Å². The maximum absolute atomic E-state index is 11.4. The van der Waals surface area contributed by atoms with Crippen LogP contribution in [0.2, 0.25) is 5.02 Å². The van der Waals surface area contributed by atoms with E-state index in [1.165, 1.54) is 0 Å². The number of oxazole rings is 1. The second-order valence-electron chi connectivity index (χ2n) is 7.05. The van der Waals surface area contributed by atoms with Crippen LogP contribution in [-0.2, 0) is 10.0 Å². The molecule has 2 N–H and O–H groups in total. The molecular weight excluding hydrogens is 360 g/mol. The van der Waals surface area contributed by atoms with Crippen molar-refractivity contribution < 1.29 is 12.8 Å². The summed E-state index contributed by atoms with van der Waals surface area (Å²) in [5.41, 5.74) is 2.47. The largest absolute Gasteiger partial charge is 0.440 e. The van der Waals surface area contributed by atoms with Crippen molar-refractivity contribution in [2.45, 2.75) is 30.6 Å². The summed E-state index contributed by atoms with van der Waals surface area (Å²) in [6, 6.07) is 12.1. The lowest BCUT2D eigenvalue weighted by atomic mass is 10.0. The molecule has 0 amide bonds. The van der Waals surface area contributed by atoms with Crippen molar-refractivity contribution in [2.75, 3.05) is 0 Å². The minimum Gasteiger partial charge on any atom is -0.440 e. The maximum Gasteiger partial charge on any atom is 0.238 e. The van der Waals surface area contributed by atoms with Crippen molar-refractivity contribution in [1.82, 2.24) is 4.98 Å². The highest BCUT2D eigenvalue weighted by Gasteiger charge is 2.61. The van der Waals surface area contributed by atoms with Gasteiger partial charge in [-0.15, -0.1) is 0 Å². The molecule has 3 aromatic rings. The van der Waals surface area contributed by atoms with Crippen LogP contribution < -0.4 is 5.14 Å². The van der Waals surface area contributed by atoms with Crippen LogP contribution >= 0.6 is 11.6 Å². The molecule has 5 nitrogen and oxygen atoms in total. The monoisotopic (exact) mass is 376 g/mol.